The van der Waals surface area contributed by atoms with Crippen LogP contribution in [0.15, 0.2) is 23.1 Å². The number of nitrogens with two attached hydrogens (primary N) is 1. The van der Waals surface area contributed by atoms with E-state index in [9.17, 15) is 8.42 Å². The summed E-state index contributed by atoms with van der Waals surface area (Å²) in [6, 6.07) is 5.37. The third-order valence-corrected chi connectivity index (χ3v) is 6.09. The van der Waals surface area contributed by atoms with Gasteiger partial charge in [-0.25, -0.2) is 8.42 Å². The zero-order valence-electron chi connectivity index (χ0n) is 12.1. The van der Waals surface area contributed by atoms with Gasteiger partial charge in [-0.2, -0.15) is 4.31 Å². The molecule has 0 unspecified atom stereocenters. The number of hydrogen-bond acceptors (Lipinski definition) is 3. The van der Waals surface area contributed by atoms with Crippen LogP contribution in [0.5, 0.6) is 0 Å². The van der Waals surface area contributed by atoms with Crippen LogP contribution in [0.1, 0.15) is 43.2 Å². The molecule has 1 aliphatic rings. The Morgan fingerprint density at radius 3 is 2.30 bits per heavy atom. The van der Waals surface area contributed by atoms with Crippen molar-refractivity contribution in [1.29, 1.82) is 0 Å². The summed E-state index contributed by atoms with van der Waals surface area (Å²) >= 11 is 0. The van der Waals surface area contributed by atoms with Gasteiger partial charge in [0.2, 0.25) is 10.0 Å². The van der Waals surface area contributed by atoms with E-state index >= 15 is 0 Å². The normalized spacial score (nSPS) is 18.5. The lowest BCUT2D eigenvalue weighted by atomic mass is 10.1. The van der Waals surface area contributed by atoms with Crippen LogP contribution in [0.4, 0.5) is 0 Å². The van der Waals surface area contributed by atoms with Gasteiger partial charge in [0.1, 0.15) is 0 Å². The van der Waals surface area contributed by atoms with Gasteiger partial charge in [-0.1, -0.05) is 31.4 Å². The molecule has 1 heterocycles. The number of sulfonamides is 1. The van der Waals surface area contributed by atoms with Crippen molar-refractivity contribution in [2.75, 3.05) is 13.1 Å². The van der Waals surface area contributed by atoms with Gasteiger partial charge in [-0.3, -0.25) is 0 Å². The Labute approximate surface area is 122 Å². The van der Waals surface area contributed by atoms with Crippen molar-refractivity contribution in [3.05, 3.63) is 29.3 Å². The Morgan fingerprint density at radius 1 is 1.10 bits per heavy atom. The average Bonchev–Trinajstić information content (AvgIpc) is 2.37. The highest BCUT2D eigenvalue weighted by Crippen LogP contribution is 2.24. The smallest absolute Gasteiger partial charge is 0.243 e. The molecule has 1 fully saturated rings. The standard InChI is InChI=1S/C15H24N2O2S/c1-13-14(12-16)8-7-9-15(13)20(18,19)17-10-5-3-2-4-6-11-17/h7-9H,2-6,10-12,16H2,1H3. The Hall–Kier alpha value is -0.910. The topological polar surface area (TPSA) is 63.4 Å². The van der Waals surface area contributed by atoms with Crippen LogP contribution in [0, 0.1) is 6.92 Å². The number of benzene rings is 1. The van der Waals surface area contributed by atoms with Gasteiger partial charge in [0.05, 0.1) is 4.90 Å². The monoisotopic (exact) mass is 296 g/mol. The van der Waals surface area contributed by atoms with E-state index in [1.165, 1.54) is 6.42 Å². The van der Waals surface area contributed by atoms with Crippen molar-refractivity contribution in [1.82, 2.24) is 4.31 Å². The van der Waals surface area contributed by atoms with Crippen LogP contribution >= 0.6 is 0 Å². The first-order valence-corrected chi connectivity index (χ1v) is 8.80. The van der Waals surface area contributed by atoms with Crippen LogP contribution in [0.25, 0.3) is 0 Å². The van der Waals surface area contributed by atoms with E-state index in [2.05, 4.69) is 0 Å². The first-order valence-electron chi connectivity index (χ1n) is 7.36. The molecule has 0 aromatic heterocycles. The molecule has 1 aliphatic heterocycles. The summed E-state index contributed by atoms with van der Waals surface area (Å²) in [5.41, 5.74) is 7.37. The highest BCUT2D eigenvalue weighted by atomic mass is 32.2. The molecular formula is C15H24N2O2S. The summed E-state index contributed by atoms with van der Waals surface area (Å²) < 4.78 is 27.3. The molecule has 1 aromatic carbocycles. The molecule has 20 heavy (non-hydrogen) atoms. The van der Waals surface area contributed by atoms with Gasteiger partial charge in [0, 0.05) is 19.6 Å². The summed E-state index contributed by atoms with van der Waals surface area (Å²) in [5, 5.41) is 0. The number of hydrogen-bond donors (Lipinski definition) is 1. The largest absolute Gasteiger partial charge is 0.326 e. The number of nitrogens with zero attached hydrogens (tertiary/aromatic N) is 1. The summed E-state index contributed by atoms with van der Waals surface area (Å²) in [7, 11) is -3.39. The van der Waals surface area contributed by atoms with Crippen molar-refractivity contribution in [3.63, 3.8) is 0 Å². The lowest BCUT2D eigenvalue weighted by Gasteiger charge is -2.25. The van der Waals surface area contributed by atoms with Gasteiger partial charge >= 0.3 is 0 Å². The van der Waals surface area contributed by atoms with E-state index < -0.39 is 10.0 Å². The van der Waals surface area contributed by atoms with Crippen molar-refractivity contribution >= 4 is 10.0 Å². The second-order valence-electron chi connectivity index (χ2n) is 5.42. The fraction of sp³-hybridized carbons (Fsp3) is 0.600. The van der Waals surface area contributed by atoms with Gasteiger partial charge in [0.15, 0.2) is 0 Å². The Bertz CT molecular complexity index is 547. The molecule has 0 amide bonds. The SMILES string of the molecule is Cc1c(CN)cccc1S(=O)(=O)N1CCCCCCC1. The van der Waals surface area contributed by atoms with Crippen molar-refractivity contribution in [2.24, 2.45) is 5.73 Å². The van der Waals surface area contributed by atoms with E-state index in [-0.39, 0.29) is 0 Å². The second-order valence-corrected chi connectivity index (χ2v) is 7.32. The fourth-order valence-corrected chi connectivity index (χ4v) is 4.54. The summed E-state index contributed by atoms with van der Waals surface area (Å²) in [5.74, 6) is 0. The molecule has 1 saturated heterocycles. The summed E-state index contributed by atoms with van der Waals surface area (Å²) in [6.45, 7) is 3.48. The van der Waals surface area contributed by atoms with Gasteiger partial charge in [-0.15, -0.1) is 0 Å². The minimum absolute atomic E-state index is 0.370. The first-order chi connectivity index (χ1) is 9.57. The predicted molar refractivity (Wildman–Crippen MR) is 80.9 cm³/mol. The quantitative estimate of drug-likeness (QED) is 0.931. The molecule has 2 N–H and O–H groups in total. The van der Waals surface area contributed by atoms with Crippen LogP contribution in [0.2, 0.25) is 0 Å². The van der Waals surface area contributed by atoms with E-state index in [0.717, 1.165) is 36.8 Å². The maximum absolute atomic E-state index is 12.8. The van der Waals surface area contributed by atoms with Crippen LogP contribution in [-0.2, 0) is 16.6 Å². The Kier molecular flexibility index (Phi) is 5.18. The van der Waals surface area contributed by atoms with Gasteiger partial charge in [-0.05, 0) is 37.0 Å². The van der Waals surface area contributed by atoms with Gasteiger partial charge in [0.25, 0.3) is 0 Å². The van der Waals surface area contributed by atoms with E-state index in [1.807, 2.05) is 13.0 Å². The first kappa shape index (κ1) is 15.5. The zero-order valence-corrected chi connectivity index (χ0v) is 13.0. The third-order valence-electron chi connectivity index (χ3n) is 4.05. The predicted octanol–water partition coefficient (Wildman–Crippen LogP) is 2.41. The average molecular weight is 296 g/mol. The second kappa shape index (κ2) is 6.70. The zero-order chi connectivity index (χ0) is 14.6. The molecule has 0 radical (unpaired) electrons. The molecule has 0 atom stereocenters. The molecule has 0 saturated carbocycles. The van der Waals surface area contributed by atoms with E-state index in [1.54, 1.807) is 16.4 Å². The molecule has 2 rings (SSSR count). The van der Waals surface area contributed by atoms with Gasteiger partial charge < -0.3 is 5.73 Å². The molecule has 5 heteroatoms. The molecule has 112 valence electrons. The molecule has 0 bridgehead atoms. The van der Waals surface area contributed by atoms with Crippen LogP contribution in [0.3, 0.4) is 0 Å². The molecule has 0 spiro atoms. The molecule has 1 aromatic rings. The lowest BCUT2D eigenvalue weighted by molar-refractivity contribution is 0.364. The maximum atomic E-state index is 12.8. The van der Waals surface area contributed by atoms with Crippen LogP contribution in [-0.4, -0.2) is 25.8 Å². The summed E-state index contributed by atoms with van der Waals surface area (Å²) in [4.78, 5) is 0.418. The minimum atomic E-state index is -3.39. The molecule has 0 aliphatic carbocycles. The van der Waals surface area contributed by atoms with Crippen molar-refractivity contribution in [2.45, 2.75) is 50.5 Å². The van der Waals surface area contributed by atoms with Crippen molar-refractivity contribution < 1.29 is 8.42 Å². The third kappa shape index (κ3) is 3.22. The Balaban J connectivity index is 2.33. The fourth-order valence-electron chi connectivity index (χ4n) is 2.76. The number of rotatable bonds is 3. The molecular weight excluding hydrogens is 272 g/mol. The van der Waals surface area contributed by atoms with Crippen molar-refractivity contribution in [3.8, 4) is 0 Å². The van der Waals surface area contributed by atoms with E-state index in [4.69, 9.17) is 5.73 Å². The highest BCUT2D eigenvalue weighted by Gasteiger charge is 2.26. The molecule has 4 nitrogen and oxygen atoms in total. The lowest BCUT2D eigenvalue weighted by Crippen LogP contribution is -2.34. The summed E-state index contributed by atoms with van der Waals surface area (Å²) in [6.07, 6.45) is 5.36. The highest BCUT2D eigenvalue weighted by molar-refractivity contribution is 7.89. The Morgan fingerprint density at radius 2 is 1.70 bits per heavy atom. The van der Waals surface area contributed by atoms with E-state index in [0.29, 0.717) is 24.5 Å². The van der Waals surface area contributed by atoms with Crippen LogP contribution < -0.4 is 5.73 Å². The minimum Gasteiger partial charge on any atom is -0.326 e. The maximum Gasteiger partial charge on any atom is 0.243 e.